The third-order valence-electron chi connectivity index (χ3n) is 8.85. The van der Waals surface area contributed by atoms with Crippen molar-refractivity contribution in [2.75, 3.05) is 18.8 Å². The molecule has 4 amide bonds. The number of nitrogen functional groups attached to an aromatic ring is 1. The minimum atomic E-state index is -1.62. The van der Waals surface area contributed by atoms with Gasteiger partial charge in [-0.25, -0.2) is 9.97 Å². The first kappa shape index (κ1) is 38.4. The Bertz CT molecular complexity index is 1640. The predicted molar refractivity (Wildman–Crippen MR) is 189 cm³/mol. The van der Waals surface area contributed by atoms with Crippen LogP contribution in [0.15, 0.2) is 73.1 Å². The second kappa shape index (κ2) is 18.0. The Labute approximate surface area is 296 Å². The van der Waals surface area contributed by atoms with Gasteiger partial charge in [-0.1, -0.05) is 80.4 Å². The summed E-state index contributed by atoms with van der Waals surface area (Å²) in [4.78, 5) is 75.9. The molecular formula is C36H47N9O6. The van der Waals surface area contributed by atoms with Gasteiger partial charge in [0.25, 0.3) is 0 Å². The number of aliphatic carboxylic acids is 1. The molecular weight excluding hydrogens is 654 g/mol. The number of aromatic nitrogens is 2. The average molecular weight is 702 g/mol. The molecule has 0 aliphatic carbocycles. The Morgan fingerprint density at radius 3 is 1.90 bits per heavy atom. The Hall–Kier alpha value is -5.41. The topological polar surface area (TPSA) is 249 Å². The van der Waals surface area contributed by atoms with Crippen LogP contribution in [0.25, 0.3) is 0 Å². The molecule has 2 heterocycles. The van der Waals surface area contributed by atoms with E-state index in [4.69, 9.17) is 17.2 Å². The van der Waals surface area contributed by atoms with Crippen LogP contribution >= 0.6 is 0 Å². The van der Waals surface area contributed by atoms with Gasteiger partial charge in [0.1, 0.15) is 23.7 Å². The summed E-state index contributed by atoms with van der Waals surface area (Å²) in [6, 6.07) is 14.2. The summed E-state index contributed by atoms with van der Waals surface area (Å²) in [6.45, 7) is 1.77. The number of carbonyl (C=O) groups is 5. The maximum Gasteiger partial charge on any atom is 0.325 e. The first-order valence-corrected chi connectivity index (χ1v) is 17.0. The SMILES string of the molecule is CCCC[C@@H](NC(=O)[C@@H](Cc1ccccc1)NC(=O)[C@H](N)Cc1ccccc1)C(=O)N[C@H](Cc1cnc(N)nc1)C(=O)N1CCC(N)(C(=O)O)C1. The van der Waals surface area contributed by atoms with Gasteiger partial charge in [-0.15, -0.1) is 0 Å². The number of likely N-dealkylation sites (tertiary alicyclic amines) is 1. The van der Waals surface area contributed by atoms with Crippen molar-refractivity contribution in [2.24, 2.45) is 11.5 Å². The molecule has 2 aromatic carbocycles. The van der Waals surface area contributed by atoms with Gasteiger partial charge in [0.15, 0.2) is 0 Å². The molecule has 1 unspecified atom stereocenters. The quantitative estimate of drug-likeness (QED) is 0.0992. The van der Waals surface area contributed by atoms with E-state index in [-0.39, 0.29) is 51.1 Å². The standard InChI is InChI=1S/C36H47N9O6/c1-2-3-14-27(31(47)44-29(19-25-20-40-35(38)41-21-25)33(49)45-16-15-36(39,22-45)34(50)51)42-32(48)28(18-24-12-8-5-9-13-24)43-30(46)26(37)17-23-10-6-4-7-11-23/h4-13,20-21,26-29H,2-3,14-19,22,37,39H2,1H3,(H,42,48)(H,43,46)(H,44,47)(H,50,51)(H2,38,40,41)/t26-,27-,28-,29-,36?/m1/s1. The van der Waals surface area contributed by atoms with Crippen molar-refractivity contribution < 1.29 is 29.1 Å². The van der Waals surface area contributed by atoms with Gasteiger partial charge in [-0.2, -0.15) is 0 Å². The number of carboxylic acid groups (broad SMARTS) is 1. The molecule has 1 aliphatic rings. The first-order chi connectivity index (χ1) is 24.4. The Morgan fingerprint density at radius 2 is 1.33 bits per heavy atom. The predicted octanol–water partition coefficient (Wildman–Crippen LogP) is 0.0730. The Morgan fingerprint density at radius 1 is 0.804 bits per heavy atom. The summed E-state index contributed by atoms with van der Waals surface area (Å²) in [6.07, 6.45) is 4.79. The summed E-state index contributed by atoms with van der Waals surface area (Å²) in [7, 11) is 0. The van der Waals surface area contributed by atoms with E-state index in [2.05, 4.69) is 25.9 Å². The van der Waals surface area contributed by atoms with Crippen LogP contribution in [0.1, 0.15) is 49.3 Å². The first-order valence-electron chi connectivity index (χ1n) is 17.0. The second-order valence-corrected chi connectivity index (χ2v) is 12.9. The van der Waals surface area contributed by atoms with Crippen molar-refractivity contribution in [3.63, 3.8) is 0 Å². The zero-order chi connectivity index (χ0) is 37.0. The van der Waals surface area contributed by atoms with Gasteiger partial charge in [-0.3, -0.25) is 24.0 Å². The van der Waals surface area contributed by atoms with Crippen molar-refractivity contribution in [3.05, 3.63) is 89.7 Å². The van der Waals surface area contributed by atoms with E-state index >= 15 is 0 Å². The van der Waals surface area contributed by atoms with E-state index in [0.717, 1.165) is 11.1 Å². The number of nitrogens with one attached hydrogen (secondary N) is 3. The van der Waals surface area contributed by atoms with Crippen LogP contribution in [0.3, 0.4) is 0 Å². The number of nitrogens with zero attached hydrogens (tertiary/aromatic N) is 3. The lowest BCUT2D eigenvalue weighted by molar-refractivity contribution is -0.143. The lowest BCUT2D eigenvalue weighted by Crippen LogP contribution is -2.59. The van der Waals surface area contributed by atoms with E-state index < -0.39 is 59.3 Å². The third-order valence-corrected chi connectivity index (χ3v) is 8.85. The van der Waals surface area contributed by atoms with Crippen molar-refractivity contribution in [1.82, 2.24) is 30.8 Å². The van der Waals surface area contributed by atoms with Crippen molar-refractivity contribution in [2.45, 2.75) is 81.6 Å². The molecule has 15 nitrogen and oxygen atoms in total. The molecule has 1 aromatic heterocycles. The highest BCUT2D eigenvalue weighted by Crippen LogP contribution is 2.21. The van der Waals surface area contributed by atoms with Gasteiger partial charge in [0, 0.05) is 38.3 Å². The van der Waals surface area contributed by atoms with Crippen LogP contribution in [0, 0.1) is 0 Å². The lowest BCUT2D eigenvalue weighted by atomic mass is 10.0. The highest BCUT2D eigenvalue weighted by atomic mass is 16.4. The molecule has 15 heteroatoms. The van der Waals surface area contributed by atoms with Crippen LogP contribution in [0.5, 0.6) is 0 Å². The molecule has 0 spiro atoms. The summed E-state index contributed by atoms with van der Waals surface area (Å²) < 4.78 is 0. The fraction of sp³-hybridized carbons (Fsp3) is 0.417. The number of nitrogens with two attached hydrogens (primary N) is 3. The van der Waals surface area contributed by atoms with Crippen molar-refractivity contribution in [1.29, 1.82) is 0 Å². The number of carbonyl (C=O) groups excluding carboxylic acids is 4. The number of carboxylic acids is 1. The van der Waals surface area contributed by atoms with E-state index in [0.29, 0.717) is 18.4 Å². The van der Waals surface area contributed by atoms with Crippen LogP contribution < -0.4 is 33.2 Å². The van der Waals surface area contributed by atoms with Gasteiger partial charge < -0.3 is 43.2 Å². The van der Waals surface area contributed by atoms with Crippen molar-refractivity contribution >= 4 is 35.5 Å². The van der Waals surface area contributed by atoms with Crippen LogP contribution in [-0.4, -0.2) is 92.4 Å². The molecule has 0 saturated carbocycles. The summed E-state index contributed by atoms with van der Waals surface area (Å²) >= 11 is 0. The number of benzene rings is 2. The zero-order valence-corrected chi connectivity index (χ0v) is 28.7. The van der Waals surface area contributed by atoms with Crippen LogP contribution in [0.2, 0.25) is 0 Å². The minimum absolute atomic E-state index is 0.0279. The van der Waals surface area contributed by atoms with Gasteiger partial charge in [-0.05, 0) is 36.0 Å². The van der Waals surface area contributed by atoms with Gasteiger partial charge >= 0.3 is 5.97 Å². The number of anilines is 1. The van der Waals surface area contributed by atoms with E-state index in [9.17, 15) is 29.1 Å². The van der Waals surface area contributed by atoms with Gasteiger partial charge in [0.05, 0.1) is 6.04 Å². The number of amides is 4. The molecule has 272 valence electrons. The summed E-state index contributed by atoms with van der Waals surface area (Å²) in [5, 5.41) is 18.0. The number of hydrogen-bond acceptors (Lipinski definition) is 10. The molecule has 0 bridgehead atoms. The van der Waals surface area contributed by atoms with Crippen LogP contribution in [0.4, 0.5) is 5.95 Å². The third kappa shape index (κ3) is 11.0. The largest absolute Gasteiger partial charge is 0.480 e. The van der Waals surface area contributed by atoms with Gasteiger partial charge in [0.2, 0.25) is 29.6 Å². The highest BCUT2D eigenvalue weighted by Gasteiger charge is 2.44. The molecule has 1 aliphatic heterocycles. The highest BCUT2D eigenvalue weighted by molar-refractivity contribution is 5.95. The number of rotatable bonds is 17. The Balaban J connectivity index is 1.53. The normalized spacial score (nSPS) is 17.8. The smallest absolute Gasteiger partial charge is 0.325 e. The molecule has 1 saturated heterocycles. The summed E-state index contributed by atoms with van der Waals surface area (Å²) in [5.41, 5.74) is 18.4. The minimum Gasteiger partial charge on any atom is -0.480 e. The maximum atomic E-state index is 13.9. The molecule has 3 aromatic rings. The lowest BCUT2D eigenvalue weighted by Gasteiger charge is -2.28. The molecule has 51 heavy (non-hydrogen) atoms. The van der Waals surface area contributed by atoms with E-state index in [1.54, 1.807) is 0 Å². The fourth-order valence-electron chi connectivity index (χ4n) is 5.84. The van der Waals surface area contributed by atoms with Crippen LogP contribution in [-0.2, 0) is 43.2 Å². The van der Waals surface area contributed by atoms with E-state index in [1.807, 2.05) is 67.6 Å². The van der Waals surface area contributed by atoms with E-state index in [1.165, 1.54) is 17.3 Å². The number of hydrogen-bond donors (Lipinski definition) is 7. The maximum absolute atomic E-state index is 13.9. The number of unbranched alkanes of at least 4 members (excludes halogenated alkanes) is 1. The zero-order valence-electron chi connectivity index (χ0n) is 28.7. The molecule has 1 fully saturated rings. The second-order valence-electron chi connectivity index (χ2n) is 12.9. The average Bonchev–Trinajstić information content (AvgIpc) is 3.54. The molecule has 4 rings (SSSR count). The summed E-state index contributed by atoms with van der Waals surface area (Å²) in [5.74, 6) is -3.50. The molecule has 10 N–H and O–H groups in total. The fourth-order valence-corrected chi connectivity index (χ4v) is 5.84. The molecule has 0 radical (unpaired) electrons. The molecule has 5 atom stereocenters. The van der Waals surface area contributed by atoms with Crippen molar-refractivity contribution in [3.8, 4) is 0 Å². The Kier molecular flexibility index (Phi) is 13.6. The monoisotopic (exact) mass is 701 g/mol.